The summed E-state index contributed by atoms with van der Waals surface area (Å²) in [4.78, 5) is 15.5. The van der Waals surface area contributed by atoms with E-state index in [0.717, 1.165) is 11.3 Å². The van der Waals surface area contributed by atoms with Crippen LogP contribution in [-0.2, 0) is 4.79 Å². The number of aliphatic hydroxyl groups is 1. The fraction of sp³-hybridized carbons (Fsp3) is 0.226. The predicted octanol–water partition coefficient (Wildman–Crippen LogP) is 5.99. The lowest BCUT2D eigenvalue weighted by Gasteiger charge is -2.42. The Morgan fingerprint density at radius 2 is 1.77 bits per heavy atom. The maximum Gasteiger partial charge on any atom is 0.231 e. The van der Waals surface area contributed by atoms with Crippen molar-refractivity contribution in [1.29, 1.82) is 5.41 Å². The Hall–Kier alpha value is -4.72. The zero-order chi connectivity index (χ0) is 27.1. The Morgan fingerprint density at radius 3 is 2.54 bits per heavy atom. The predicted molar refractivity (Wildman–Crippen MR) is 147 cm³/mol. The lowest BCUT2D eigenvalue weighted by Crippen LogP contribution is -2.42. The van der Waals surface area contributed by atoms with Gasteiger partial charge in [-0.15, -0.1) is 0 Å². The van der Waals surface area contributed by atoms with Crippen molar-refractivity contribution in [2.45, 2.75) is 25.2 Å². The molecule has 8 nitrogen and oxygen atoms in total. The highest BCUT2D eigenvalue weighted by Gasteiger charge is 2.44. The third-order valence-corrected chi connectivity index (χ3v) is 7.41. The molecule has 39 heavy (non-hydrogen) atoms. The van der Waals surface area contributed by atoms with Crippen LogP contribution >= 0.6 is 0 Å². The van der Waals surface area contributed by atoms with Crippen LogP contribution in [0.15, 0.2) is 83.6 Å². The van der Waals surface area contributed by atoms with E-state index in [1.165, 1.54) is 0 Å². The zero-order valence-electron chi connectivity index (χ0n) is 21.7. The number of hydrogen-bond acceptors (Lipinski definition) is 7. The van der Waals surface area contributed by atoms with E-state index < -0.39 is 5.92 Å². The van der Waals surface area contributed by atoms with Crippen molar-refractivity contribution in [2.24, 2.45) is 0 Å². The van der Waals surface area contributed by atoms with E-state index >= 15 is 0 Å². The van der Waals surface area contributed by atoms with Crippen LogP contribution in [-0.4, -0.2) is 37.7 Å². The molecular weight excluding hydrogens is 496 g/mol. The molecule has 0 aromatic heterocycles. The van der Waals surface area contributed by atoms with E-state index in [9.17, 15) is 15.3 Å². The summed E-state index contributed by atoms with van der Waals surface area (Å²) in [5.74, 6) is 1.58. The van der Waals surface area contributed by atoms with Gasteiger partial charge in [0.25, 0.3) is 0 Å². The summed E-state index contributed by atoms with van der Waals surface area (Å²) in [6.45, 7) is 0.119. The number of fused-ring (bicyclic) bond motifs is 1. The molecule has 0 saturated carbocycles. The molecule has 3 aliphatic rings. The van der Waals surface area contributed by atoms with Crippen LogP contribution in [0, 0.1) is 5.41 Å². The summed E-state index contributed by atoms with van der Waals surface area (Å²) in [7, 11) is 3.14. The standard InChI is InChI=1S/C31H28N2O6/c1-36-20-12-14-24(37-2)22(16-20)33-21-9-6-10-23(34)28(21)27(19-11-13-25-26(15-19)39-17-38-25)29(31(33)32)30(35)18-7-4-3-5-8-18/h3-5,7-8,11-16,27,32,35H,6,9-10,17H2,1-2H3/t27-/m1/s1. The second-order valence-electron chi connectivity index (χ2n) is 9.53. The summed E-state index contributed by atoms with van der Waals surface area (Å²) in [6.07, 6.45) is 1.63. The zero-order valence-corrected chi connectivity index (χ0v) is 21.7. The van der Waals surface area contributed by atoms with Crippen molar-refractivity contribution in [3.8, 4) is 23.0 Å². The number of rotatable bonds is 5. The first-order chi connectivity index (χ1) is 19.0. The molecule has 0 spiro atoms. The largest absolute Gasteiger partial charge is 0.507 e. The molecule has 3 aromatic rings. The van der Waals surface area contributed by atoms with Gasteiger partial charge >= 0.3 is 0 Å². The molecule has 2 heterocycles. The lowest BCUT2D eigenvalue weighted by atomic mass is 9.73. The first kappa shape index (κ1) is 24.6. The highest BCUT2D eigenvalue weighted by atomic mass is 16.7. The van der Waals surface area contributed by atoms with Crippen LogP contribution in [0.5, 0.6) is 23.0 Å². The molecule has 0 fully saturated rings. The van der Waals surface area contributed by atoms with Gasteiger partial charge in [0.15, 0.2) is 17.3 Å². The Bertz CT molecular complexity index is 1540. The smallest absolute Gasteiger partial charge is 0.231 e. The van der Waals surface area contributed by atoms with Gasteiger partial charge in [0.1, 0.15) is 23.1 Å². The fourth-order valence-corrected chi connectivity index (χ4v) is 5.61. The van der Waals surface area contributed by atoms with Crippen LogP contribution < -0.4 is 23.8 Å². The quantitative estimate of drug-likeness (QED) is 0.395. The molecule has 0 unspecified atom stereocenters. The van der Waals surface area contributed by atoms with E-state index in [2.05, 4.69) is 0 Å². The SMILES string of the molecule is COc1ccc(OC)c(N2C(=N)C(=C(O)c3ccccc3)[C@H](c3ccc4c(c3)OCO4)C3=C2CCCC3=O)c1. The molecule has 6 rings (SSSR count). The molecule has 1 atom stereocenters. The number of anilines is 1. The first-order valence-corrected chi connectivity index (χ1v) is 12.8. The second kappa shape index (κ2) is 9.87. The average Bonchev–Trinajstić information content (AvgIpc) is 3.44. The van der Waals surface area contributed by atoms with Crippen LogP contribution in [0.4, 0.5) is 5.69 Å². The third kappa shape index (κ3) is 4.09. The third-order valence-electron chi connectivity index (χ3n) is 7.41. The lowest BCUT2D eigenvalue weighted by molar-refractivity contribution is -0.116. The summed E-state index contributed by atoms with van der Waals surface area (Å²) in [5.41, 5.74) is 3.44. The molecule has 198 valence electrons. The van der Waals surface area contributed by atoms with Crippen molar-refractivity contribution in [2.75, 3.05) is 25.9 Å². The molecule has 0 radical (unpaired) electrons. The van der Waals surface area contributed by atoms with Gasteiger partial charge in [0, 0.05) is 40.8 Å². The molecule has 1 aliphatic carbocycles. The number of aliphatic hydroxyl groups excluding tert-OH is 1. The number of ketones is 1. The minimum Gasteiger partial charge on any atom is -0.507 e. The van der Waals surface area contributed by atoms with Crippen molar-refractivity contribution < 1.29 is 28.8 Å². The van der Waals surface area contributed by atoms with Gasteiger partial charge < -0.3 is 24.1 Å². The molecule has 2 N–H and O–H groups in total. The number of carbonyl (C=O) groups is 1. The van der Waals surface area contributed by atoms with Crippen molar-refractivity contribution >= 4 is 23.1 Å². The molecule has 8 heteroatoms. The number of benzene rings is 3. The van der Waals surface area contributed by atoms with Gasteiger partial charge in [-0.1, -0.05) is 36.4 Å². The Balaban J connectivity index is 1.66. The number of nitrogens with one attached hydrogen (secondary N) is 1. The first-order valence-electron chi connectivity index (χ1n) is 12.8. The molecular formula is C31H28N2O6. The fourth-order valence-electron chi connectivity index (χ4n) is 5.61. The molecule has 3 aromatic carbocycles. The Labute approximate surface area is 226 Å². The number of carbonyl (C=O) groups excluding carboxylic acids is 1. The summed E-state index contributed by atoms with van der Waals surface area (Å²) >= 11 is 0. The highest BCUT2D eigenvalue weighted by Crippen LogP contribution is 2.50. The number of methoxy groups -OCH3 is 2. The van der Waals surface area contributed by atoms with Crippen LogP contribution in [0.1, 0.15) is 36.3 Å². The average molecular weight is 525 g/mol. The monoisotopic (exact) mass is 524 g/mol. The number of nitrogens with zero attached hydrogens (tertiary/aromatic N) is 1. The van der Waals surface area contributed by atoms with Gasteiger partial charge in [-0.3, -0.25) is 15.1 Å². The number of Topliss-reactive ketones (excluding diaryl/α,β-unsaturated/α-hetero) is 1. The molecule has 2 aliphatic heterocycles. The number of amidine groups is 1. The Morgan fingerprint density at radius 1 is 0.974 bits per heavy atom. The van der Waals surface area contributed by atoms with E-state index in [0.29, 0.717) is 64.7 Å². The van der Waals surface area contributed by atoms with Crippen molar-refractivity contribution in [1.82, 2.24) is 0 Å². The van der Waals surface area contributed by atoms with Gasteiger partial charge in [-0.2, -0.15) is 0 Å². The molecule has 0 bridgehead atoms. The van der Waals surface area contributed by atoms with Gasteiger partial charge in [0.2, 0.25) is 6.79 Å². The van der Waals surface area contributed by atoms with Gasteiger partial charge in [-0.05, 0) is 42.7 Å². The summed E-state index contributed by atoms with van der Waals surface area (Å²) in [6, 6.07) is 20.0. The van der Waals surface area contributed by atoms with Crippen LogP contribution in [0.2, 0.25) is 0 Å². The van der Waals surface area contributed by atoms with E-state index in [4.69, 9.17) is 18.9 Å². The van der Waals surface area contributed by atoms with Crippen LogP contribution in [0.25, 0.3) is 5.76 Å². The number of ether oxygens (including phenoxy) is 4. The maximum atomic E-state index is 13.7. The van der Waals surface area contributed by atoms with Crippen LogP contribution in [0.3, 0.4) is 0 Å². The molecule has 0 amide bonds. The summed E-state index contributed by atoms with van der Waals surface area (Å²) < 4.78 is 22.3. The number of allylic oxidation sites excluding steroid dienone is 2. The number of hydrogen-bond donors (Lipinski definition) is 2. The maximum absolute atomic E-state index is 13.7. The second-order valence-corrected chi connectivity index (χ2v) is 9.53. The topological polar surface area (TPSA) is 101 Å². The molecule has 0 saturated heterocycles. The minimum atomic E-state index is -0.678. The van der Waals surface area contributed by atoms with Gasteiger partial charge in [0.05, 0.1) is 19.9 Å². The summed E-state index contributed by atoms with van der Waals surface area (Å²) in [5, 5.41) is 21.3. The van der Waals surface area contributed by atoms with Crippen molar-refractivity contribution in [3.63, 3.8) is 0 Å². The van der Waals surface area contributed by atoms with Crippen molar-refractivity contribution in [3.05, 3.63) is 94.7 Å². The van der Waals surface area contributed by atoms with E-state index in [1.54, 1.807) is 49.5 Å². The van der Waals surface area contributed by atoms with E-state index in [-0.39, 0.29) is 24.2 Å². The van der Waals surface area contributed by atoms with E-state index in [1.807, 2.05) is 36.4 Å². The highest BCUT2D eigenvalue weighted by molar-refractivity contribution is 6.20. The van der Waals surface area contributed by atoms with Gasteiger partial charge in [-0.25, -0.2) is 0 Å². The Kier molecular flexibility index (Phi) is 6.23. The normalized spacial score (nSPS) is 19.6. The minimum absolute atomic E-state index is 0.0170.